The van der Waals surface area contributed by atoms with Crippen LogP contribution in [0.1, 0.15) is 24.4 Å². The van der Waals surface area contributed by atoms with E-state index >= 15 is 0 Å². The monoisotopic (exact) mass is 192 g/mol. The molecule has 1 heterocycles. The van der Waals surface area contributed by atoms with E-state index in [9.17, 15) is 10.1 Å². The third-order valence-corrected chi connectivity index (χ3v) is 2.57. The second-order valence-electron chi connectivity index (χ2n) is 3.46. The Balaban J connectivity index is 2.35. The van der Waals surface area contributed by atoms with Crippen LogP contribution in [0.3, 0.4) is 0 Å². The van der Waals surface area contributed by atoms with Crippen LogP contribution in [-0.4, -0.2) is 11.5 Å². The third kappa shape index (κ3) is 1.61. The van der Waals surface area contributed by atoms with E-state index in [2.05, 4.69) is 5.32 Å². The molecule has 1 atom stereocenters. The van der Waals surface area contributed by atoms with E-state index in [4.69, 9.17) is 0 Å². The summed E-state index contributed by atoms with van der Waals surface area (Å²) in [6, 6.07) is 7.12. The standard InChI is InChI=1S/C10H12N2O2/c13-12(14)10-6-2-1-4-8(10)9-5-3-7-11-9/h1-2,4,6,9,11H,3,5,7H2/t9-/m0/s1. The Labute approximate surface area is 82.1 Å². The highest BCUT2D eigenvalue weighted by atomic mass is 16.6. The van der Waals surface area contributed by atoms with Crippen molar-refractivity contribution in [3.05, 3.63) is 39.9 Å². The molecule has 4 heteroatoms. The lowest BCUT2D eigenvalue weighted by Gasteiger charge is -2.10. The fourth-order valence-corrected chi connectivity index (χ4v) is 1.90. The Bertz CT molecular complexity index is 346. The van der Waals surface area contributed by atoms with E-state index < -0.39 is 0 Å². The van der Waals surface area contributed by atoms with Crippen molar-refractivity contribution in [2.24, 2.45) is 0 Å². The first-order chi connectivity index (χ1) is 6.79. The van der Waals surface area contributed by atoms with Gasteiger partial charge in [-0.2, -0.15) is 0 Å². The van der Waals surface area contributed by atoms with Gasteiger partial charge in [0.2, 0.25) is 0 Å². The highest BCUT2D eigenvalue weighted by molar-refractivity contribution is 5.42. The van der Waals surface area contributed by atoms with Crippen molar-refractivity contribution in [2.75, 3.05) is 6.54 Å². The minimum Gasteiger partial charge on any atom is -0.310 e. The summed E-state index contributed by atoms with van der Waals surface area (Å²) in [6.07, 6.45) is 2.08. The van der Waals surface area contributed by atoms with Crippen molar-refractivity contribution in [3.8, 4) is 0 Å². The molecular formula is C10H12N2O2. The van der Waals surface area contributed by atoms with Gasteiger partial charge in [-0.1, -0.05) is 18.2 Å². The third-order valence-electron chi connectivity index (χ3n) is 2.57. The smallest absolute Gasteiger partial charge is 0.274 e. The maximum Gasteiger partial charge on any atom is 0.274 e. The number of nitro benzene ring substituents is 1. The molecule has 1 saturated heterocycles. The molecule has 1 aromatic rings. The van der Waals surface area contributed by atoms with Crippen LogP contribution in [0.25, 0.3) is 0 Å². The zero-order valence-electron chi connectivity index (χ0n) is 7.77. The van der Waals surface area contributed by atoms with Gasteiger partial charge in [0.1, 0.15) is 0 Å². The first kappa shape index (κ1) is 9.15. The van der Waals surface area contributed by atoms with Gasteiger partial charge in [0.05, 0.1) is 4.92 Å². The number of nitro groups is 1. The molecule has 1 aromatic carbocycles. The van der Waals surface area contributed by atoms with Crippen molar-refractivity contribution in [2.45, 2.75) is 18.9 Å². The average Bonchev–Trinajstić information content (AvgIpc) is 2.70. The van der Waals surface area contributed by atoms with Gasteiger partial charge in [-0.25, -0.2) is 0 Å². The van der Waals surface area contributed by atoms with Crippen molar-refractivity contribution in [3.63, 3.8) is 0 Å². The van der Waals surface area contributed by atoms with Crippen molar-refractivity contribution in [1.82, 2.24) is 5.32 Å². The predicted molar refractivity (Wildman–Crippen MR) is 53.1 cm³/mol. The first-order valence-corrected chi connectivity index (χ1v) is 4.76. The van der Waals surface area contributed by atoms with Gasteiger partial charge in [0.15, 0.2) is 0 Å². The summed E-state index contributed by atoms with van der Waals surface area (Å²) in [6.45, 7) is 0.955. The summed E-state index contributed by atoms with van der Waals surface area (Å²) >= 11 is 0. The minimum absolute atomic E-state index is 0.164. The van der Waals surface area contributed by atoms with Gasteiger partial charge in [0.25, 0.3) is 5.69 Å². The summed E-state index contributed by atoms with van der Waals surface area (Å²) in [5.74, 6) is 0. The normalized spacial score (nSPS) is 21.0. The summed E-state index contributed by atoms with van der Waals surface area (Å²) in [7, 11) is 0. The molecule has 1 aliphatic rings. The first-order valence-electron chi connectivity index (χ1n) is 4.76. The van der Waals surface area contributed by atoms with Crippen LogP contribution in [-0.2, 0) is 0 Å². The fraction of sp³-hybridized carbons (Fsp3) is 0.400. The van der Waals surface area contributed by atoms with E-state index in [1.54, 1.807) is 12.1 Å². The largest absolute Gasteiger partial charge is 0.310 e. The average molecular weight is 192 g/mol. The van der Waals surface area contributed by atoms with E-state index in [0.29, 0.717) is 0 Å². The molecule has 0 radical (unpaired) electrons. The van der Waals surface area contributed by atoms with Crippen LogP contribution in [0.5, 0.6) is 0 Å². The second kappa shape index (κ2) is 3.75. The topological polar surface area (TPSA) is 55.2 Å². The molecule has 2 rings (SSSR count). The molecule has 1 N–H and O–H groups in total. The number of benzene rings is 1. The lowest BCUT2D eigenvalue weighted by molar-refractivity contribution is -0.385. The van der Waals surface area contributed by atoms with Gasteiger partial charge in [-0.15, -0.1) is 0 Å². The van der Waals surface area contributed by atoms with Crippen LogP contribution in [0.4, 0.5) is 5.69 Å². The maximum absolute atomic E-state index is 10.8. The fourth-order valence-electron chi connectivity index (χ4n) is 1.90. The van der Waals surface area contributed by atoms with E-state index in [1.807, 2.05) is 12.1 Å². The van der Waals surface area contributed by atoms with Crippen LogP contribution >= 0.6 is 0 Å². The molecule has 74 valence electrons. The zero-order valence-corrected chi connectivity index (χ0v) is 7.77. The van der Waals surface area contributed by atoms with Crippen LogP contribution in [0.2, 0.25) is 0 Å². The molecule has 0 spiro atoms. The molecule has 14 heavy (non-hydrogen) atoms. The molecule has 0 aliphatic carbocycles. The van der Waals surface area contributed by atoms with Crippen molar-refractivity contribution < 1.29 is 4.92 Å². The van der Waals surface area contributed by atoms with Crippen LogP contribution < -0.4 is 5.32 Å². The highest BCUT2D eigenvalue weighted by Crippen LogP contribution is 2.29. The van der Waals surface area contributed by atoms with E-state index in [-0.39, 0.29) is 16.7 Å². The Morgan fingerprint density at radius 2 is 2.21 bits per heavy atom. The molecule has 0 amide bonds. The molecular weight excluding hydrogens is 180 g/mol. The highest BCUT2D eigenvalue weighted by Gasteiger charge is 2.23. The Morgan fingerprint density at radius 1 is 1.43 bits per heavy atom. The summed E-state index contributed by atoms with van der Waals surface area (Å²) in [5, 5.41) is 14.0. The Morgan fingerprint density at radius 3 is 2.86 bits per heavy atom. The van der Waals surface area contributed by atoms with Crippen LogP contribution in [0.15, 0.2) is 24.3 Å². The number of hydrogen-bond acceptors (Lipinski definition) is 3. The molecule has 4 nitrogen and oxygen atoms in total. The summed E-state index contributed by atoms with van der Waals surface area (Å²) < 4.78 is 0. The van der Waals surface area contributed by atoms with Gasteiger partial charge in [0, 0.05) is 17.7 Å². The molecule has 0 bridgehead atoms. The molecule has 1 aliphatic heterocycles. The van der Waals surface area contributed by atoms with Gasteiger partial charge in [-0.05, 0) is 19.4 Å². The molecule has 0 saturated carbocycles. The molecule has 1 fully saturated rings. The maximum atomic E-state index is 10.8. The molecule has 0 aromatic heterocycles. The number of nitrogens with zero attached hydrogens (tertiary/aromatic N) is 1. The number of nitrogens with one attached hydrogen (secondary N) is 1. The molecule has 0 unspecified atom stereocenters. The Hall–Kier alpha value is -1.42. The van der Waals surface area contributed by atoms with Crippen molar-refractivity contribution >= 4 is 5.69 Å². The number of hydrogen-bond donors (Lipinski definition) is 1. The number of para-hydroxylation sites is 1. The van der Waals surface area contributed by atoms with E-state index in [1.165, 1.54) is 0 Å². The quantitative estimate of drug-likeness (QED) is 0.576. The zero-order chi connectivity index (χ0) is 9.97. The van der Waals surface area contributed by atoms with Gasteiger partial charge < -0.3 is 5.32 Å². The summed E-state index contributed by atoms with van der Waals surface area (Å²) in [4.78, 5) is 10.4. The summed E-state index contributed by atoms with van der Waals surface area (Å²) in [5.41, 5.74) is 1.04. The second-order valence-corrected chi connectivity index (χ2v) is 3.46. The van der Waals surface area contributed by atoms with E-state index in [0.717, 1.165) is 24.9 Å². The van der Waals surface area contributed by atoms with Gasteiger partial charge >= 0.3 is 0 Å². The van der Waals surface area contributed by atoms with Crippen molar-refractivity contribution in [1.29, 1.82) is 0 Å². The van der Waals surface area contributed by atoms with Gasteiger partial charge in [-0.3, -0.25) is 10.1 Å². The number of rotatable bonds is 2. The van der Waals surface area contributed by atoms with Crippen LogP contribution in [0, 0.1) is 10.1 Å². The SMILES string of the molecule is O=[N+]([O-])c1ccccc1[C@@H]1CCCN1. The Kier molecular flexibility index (Phi) is 2.45. The predicted octanol–water partition coefficient (Wildman–Crippen LogP) is 2.02. The lowest BCUT2D eigenvalue weighted by atomic mass is 10.0. The minimum atomic E-state index is -0.310. The lowest BCUT2D eigenvalue weighted by Crippen LogP contribution is -2.14.